The highest BCUT2D eigenvalue weighted by atomic mass is 32.1. The molecule has 0 atom stereocenters. The van der Waals surface area contributed by atoms with Crippen molar-refractivity contribution in [2.24, 2.45) is 12.8 Å². The van der Waals surface area contributed by atoms with Crippen molar-refractivity contribution in [2.45, 2.75) is 0 Å². The van der Waals surface area contributed by atoms with Crippen LogP contribution in [0.15, 0.2) is 18.3 Å². The number of thiocarbonyl (C=S) groups is 1. The minimum Gasteiger partial charge on any atom is -0.389 e. The van der Waals surface area contributed by atoms with Crippen molar-refractivity contribution in [3.8, 4) is 0 Å². The molecule has 0 saturated carbocycles. The molecule has 0 unspecified atom stereocenters. The molecule has 1 heterocycles. The molecule has 0 saturated heterocycles. The third-order valence-corrected chi connectivity index (χ3v) is 1.69. The van der Waals surface area contributed by atoms with Crippen LogP contribution in [-0.2, 0) is 7.05 Å². The summed E-state index contributed by atoms with van der Waals surface area (Å²) in [5.74, 6) is 0.685. The summed E-state index contributed by atoms with van der Waals surface area (Å²) in [4.78, 5) is 0.389. The van der Waals surface area contributed by atoms with E-state index in [1.54, 1.807) is 22.9 Å². The van der Waals surface area contributed by atoms with Crippen LogP contribution >= 0.6 is 12.2 Å². The van der Waals surface area contributed by atoms with Gasteiger partial charge in [-0.2, -0.15) is 0 Å². The maximum atomic E-state index is 5.57. The van der Waals surface area contributed by atoms with E-state index in [1.807, 2.05) is 7.05 Å². The highest BCUT2D eigenvalue weighted by Gasteiger charge is 2.01. The van der Waals surface area contributed by atoms with Crippen molar-refractivity contribution in [3.05, 3.63) is 23.9 Å². The summed E-state index contributed by atoms with van der Waals surface area (Å²) in [5.41, 5.74) is 11.8. The maximum absolute atomic E-state index is 5.57. The van der Waals surface area contributed by atoms with Crippen molar-refractivity contribution in [3.63, 3.8) is 0 Å². The fraction of sp³-hybridized carbons (Fsp3) is 0.143. The molecule has 4 heteroatoms. The zero-order chi connectivity index (χ0) is 8.43. The molecule has 58 valence electrons. The zero-order valence-corrected chi connectivity index (χ0v) is 7.06. The number of nitrogens with two attached hydrogens (primary N) is 2. The summed E-state index contributed by atoms with van der Waals surface area (Å²) >= 11 is 4.79. The second-order valence-corrected chi connectivity index (χ2v) is 2.76. The number of aromatic nitrogens is 1. The Morgan fingerprint density at radius 3 is 2.64 bits per heavy atom. The molecular formula is C7H10N3S+. The van der Waals surface area contributed by atoms with Gasteiger partial charge in [-0.25, -0.2) is 4.57 Å². The van der Waals surface area contributed by atoms with E-state index >= 15 is 0 Å². The van der Waals surface area contributed by atoms with Crippen LogP contribution in [-0.4, -0.2) is 4.99 Å². The summed E-state index contributed by atoms with van der Waals surface area (Å²) in [5, 5.41) is 0. The lowest BCUT2D eigenvalue weighted by atomic mass is 10.3. The van der Waals surface area contributed by atoms with Gasteiger partial charge in [-0.1, -0.05) is 12.2 Å². The van der Waals surface area contributed by atoms with Gasteiger partial charge in [0.25, 0.3) is 5.82 Å². The molecule has 0 aromatic carbocycles. The van der Waals surface area contributed by atoms with Crippen LogP contribution < -0.4 is 16.0 Å². The maximum Gasteiger partial charge on any atom is 0.272 e. The summed E-state index contributed by atoms with van der Waals surface area (Å²) < 4.78 is 1.77. The number of hydrogen-bond donors (Lipinski definition) is 2. The second-order valence-electron chi connectivity index (χ2n) is 2.32. The Morgan fingerprint density at radius 2 is 2.18 bits per heavy atom. The summed E-state index contributed by atoms with van der Waals surface area (Å²) in [6.45, 7) is 0. The topological polar surface area (TPSA) is 55.9 Å². The van der Waals surface area contributed by atoms with Crippen LogP contribution in [0.3, 0.4) is 0 Å². The van der Waals surface area contributed by atoms with Crippen molar-refractivity contribution >= 4 is 23.0 Å². The molecule has 0 bridgehead atoms. The van der Waals surface area contributed by atoms with Gasteiger partial charge in [0.05, 0.1) is 7.05 Å². The van der Waals surface area contributed by atoms with E-state index in [2.05, 4.69) is 0 Å². The first kappa shape index (κ1) is 7.94. The van der Waals surface area contributed by atoms with E-state index in [9.17, 15) is 0 Å². The van der Waals surface area contributed by atoms with Crippen LogP contribution in [0.25, 0.3) is 0 Å². The lowest BCUT2D eigenvalue weighted by Crippen LogP contribution is -2.33. The average Bonchev–Trinajstić information content (AvgIpc) is 1.94. The molecule has 4 N–H and O–H groups in total. The zero-order valence-electron chi connectivity index (χ0n) is 6.24. The minimum atomic E-state index is 0.389. The molecule has 0 radical (unpaired) electrons. The van der Waals surface area contributed by atoms with Crippen molar-refractivity contribution in [1.82, 2.24) is 0 Å². The Morgan fingerprint density at radius 1 is 1.55 bits per heavy atom. The van der Waals surface area contributed by atoms with Gasteiger partial charge in [-0.15, -0.1) is 0 Å². The molecular weight excluding hydrogens is 158 g/mol. The van der Waals surface area contributed by atoms with Gasteiger partial charge in [0.2, 0.25) is 0 Å². The molecule has 0 aliphatic rings. The van der Waals surface area contributed by atoms with E-state index < -0.39 is 0 Å². The van der Waals surface area contributed by atoms with Crippen LogP contribution in [0.1, 0.15) is 5.56 Å². The van der Waals surface area contributed by atoms with Gasteiger partial charge >= 0.3 is 0 Å². The molecule has 0 aliphatic heterocycles. The fourth-order valence-electron chi connectivity index (χ4n) is 0.765. The molecule has 11 heavy (non-hydrogen) atoms. The summed E-state index contributed by atoms with van der Waals surface area (Å²) in [7, 11) is 1.84. The molecule has 1 aromatic heterocycles. The highest BCUT2D eigenvalue weighted by molar-refractivity contribution is 7.80. The lowest BCUT2D eigenvalue weighted by molar-refractivity contribution is -0.656. The largest absolute Gasteiger partial charge is 0.389 e. The van der Waals surface area contributed by atoms with E-state index in [1.165, 1.54) is 0 Å². The Labute approximate surface area is 70.6 Å². The van der Waals surface area contributed by atoms with Gasteiger partial charge in [-0.3, -0.25) is 5.73 Å². The predicted octanol–water partition coefficient (Wildman–Crippen LogP) is -0.273. The van der Waals surface area contributed by atoms with Crippen LogP contribution in [0, 0.1) is 0 Å². The quantitative estimate of drug-likeness (QED) is 0.448. The van der Waals surface area contributed by atoms with Gasteiger partial charge < -0.3 is 5.73 Å². The van der Waals surface area contributed by atoms with Crippen molar-refractivity contribution in [2.75, 3.05) is 5.73 Å². The van der Waals surface area contributed by atoms with Gasteiger partial charge in [0.15, 0.2) is 0 Å². The molecule has 0 spiro atoms. The SMILES string of the molecule is C[n+]1cc(C(N)=S)ccc1N. The Hall–Kier alpha value is -1.16. The van der Waals surface area contributed by atoms with Crippen LogP contribution in [0.2, 0.25) is 0 Å². The van der Waals surface area contributed by atoms with Gasteiger partial charge in [0.1, 0.15) is 11.2 Å². The summed E-state index contributed by atoms with van der Waals surface area (Å²) in [6.07, 6.45) is 1.80. The number of nitrogens with zero attached hydrogens (tertiary/aromatic N) is 1. The first-order chi connectivity index (χ1) is 5.11. The van der Waals surface area contributed by atoms with E-state index in [0.717, 1.165) is 5.56 Å². The normalized spacial score (nSPS) is 9.55. The number of aryl methyl sites for hydroxylation is 1. The molecule has 0 aliphatic carbocycles. The third-order valence-electron chi connectivity index (χ3n) is 1.46. The minimum absolute atomic E-state index is 0.389. The van der Waals surface area contributed by atoms with Gasteiger partial charge in [0, 0.05) is 11.6 Å². The van der Waals surface area contributed by atoms with Crippen LogP contribution in [0.4, 0.5) is 5.82 Å². The molecule has 0 fully saturated rings. The highest BCUT2D eigenvalue weighted by Crippen LogP contribution is 1.97. The molecule has 0 amide bonds. The van der Waals surface area contributed by atoms with Crippen molar-refractivity contribution in [1.29, 1.82) is 0 Å². The standard InChI is InChI=1S/C7H9N3S/c1-10-4-5(7(9)11)2-3-6(10)8/h2-4,8H,1H3,(H2,9,11)/p+1. The predicted molar refractivity (Wildman–Crippen MR) is 47.9 cm³/mol. The Kier molecular flexibility index (Phi) is 2.05. The molecule has 1 aromatic rings. The first-order valence-electron chi connectivity index (χ1n) is 3.16. The summed E-state index contributed by atoms with van der Waals surface area (Å²) in [6, 6.07) is 3.58. The molecule has 3 nitrogen and oxygen atoms in total. The lowest BCUT2D eigenvalue weighted by Gasteiger charge is -1.98. The second kappa shape index (κ2) is 2.84. The first-order valence-corrected chi connectivity index (χ1v) is 3.57. The Balaban J connectivity index is 3.15. The number of nitrogen functional groups attached to an aromatic ring is 1. The number of anilines is 1. The fourth-order valence-corrected chi connectivity index (χ4v) is 0.885. The molecule has 1 rings (SSSR count). The van der Waals surface area contributed by atoms with E-state index in [-0.39, 0.29) is 0 Å². The number of rotatable bonds is 1. The van der Waals surface area contributed by atoms with Crippen molar-refractivity contribution < 1.29 is 4.57 Å². The average molecular weight is 168 g/mol. The van der Waals surface area contributed by atoms with Gasteiger partial charge in [-0.05, 0) is 6.07 Å². The Bertz CT molecular complexity index is 296. The number of pyridine rings is 1. The number of hydrogen-bond acceptors (Lipinski definition) is 2. The third kappa shape index (κ3) is 1.65. The van der Waals surface area contributed by atoms with Crippen LogP contribution in [0.5, 0.6) is 0 Å². The smallest absolute Gasteiger partial charge is 0.272 e. The monoisotopic (exact) mass is 168 g/mol. The van der Waals surface area contributed by atoms with E-state index in [4.69, 9.17) is 23.7 Å². The van der Waals surface area contributed by atoms with E-state index in [0.29, 0.717) is 10.8 Å².